The van der Waals surface area contributed by atoms with Gasteiger partial charge in [0.05, 0.1) is 13.2 Å². The van der Waals surface area contributed by atoms with E-state index in [9.17, 15) is 13.2 Å². The first kappa shape index (κ1) is 18.4. The highest BCUT2D eigenvalue weighted by Crippen LogP contribution is 2.22. The monoisotopic (exact) mass is 380 g/mol. The first-order valence-electron chi connectivity index (χ1n) is 8.12. The van der Waals surface area contributed by atoms with Crippen LogP contribution in [0.4, 0.5) is 5.69 Å². The van der Waals surface area contributed by atoms with E-state index < -0.39 is 10.0 Å². The van der Waals surface area contributed by atoms with Crippen LogP contribution in [0.3, 0.4) is 0 Å². The third-order valence-electron chi connectivity index (χ3n) is 3.76. The second-order valence-corrected chi connectivity index (χ2v) is 7.60. The number of carbonyl (C=O) groups excluding carboxylic acids is 1. The molecule has 2 heterocycles. The number of anilines is 1. The highest BCUT2D eigenvalue weighted by molar-refractivity contribution is 7.89. The molecule has 140 valence electrons. The maximum Gasteiger partial charge on any atom is 0.276 e. The number of hydrogen-bond donors (Lipinski definition) is 1. The van der Waals surface area contributed by atoms with Crippen molar-refractivity contribution in [1.82, 2.24) is 4.31 Å². The molecule has 1 aliphatic heterocycles. The second kappa shape index (κ2) is 7.90. The summed E-state index contributed by atoms with van der Waals surface area (Å²) in [6.45, 7) is 2.92. The fourth-order valence-electron chi connectivity index (χ4n) is 2.48. The smallest absolute Gasteiger partial charge is 0.276 e. The lowest BCUT2D eigenvalue weighted by molar-refractivity contribution is -0.114. The van der Waals surface area contributed by atoms with Crippen molar-refractivity contribution in [2.24, 2.45) is 0 Å². The number of ether oxygens (including phenoxy) is 2. The van der Waals surface area contributed by atoms with E-state index in [2.05, 4.69) is 5.32 Å². The van der Waals surface area contributed by atoms with Crippen molar-refractivity contribution in [3.8, 4) is 5.75 Å². The lowest BCUT2D eigenvalue weighted by Gasteiger charge is -2.24. The van der Waals surface area contributed by atoms with Crippen molar-refractivity contribution in [1.29, 1.82) is 0 Å². The molecule has 3 rings (SSSR count). The Morgan fingerprint density at radius 1 is 1.15 bits per heavy atom. The maximum atomic E-state index is 12.5. The predicted molar refractivity (Wildman–Crippen MR) is 93.4 cm³/mol. The fourth-order valence-corrected chi connectivity index (χ4v) is 3.82. The summed E-state index contributed by atoms with van der Waals surface area (Å²) >= 11 is 0. The molecular weight excluding hydrogens is 360 g/mol. The molecule has 0 radical (unpaired) electrons. The highest BCUT2D eigenvalue weighted by atomic mass is 32.2. The van der Waals surface area contributed by atoms with Gasteiger partial charge < -0.3 is 19.2 Å². The zero-order chi connectivity index (χ0) is 18.6. The molecule has 26 heavy (non-hydrogen) atoms. The van der Waals surface area contributed by atoms with Crippen LogP contribution in [0.15, 0.2) is 45.9 Å². The largest absolute Gasteiger partial charge is 0.486 e. The fraction of sp³-hybridized carbons (Fsp3) is 0.353. The Hall–Kier alpha value is -2.36. The van der Waals surface area contributed by atoms with Crippen molar-refractivity contribution in [2.45, 2.75) is 18.6 Å². The summed E-state index contributed by atoms with van der Waals surface area (Å²) in [5.41, 5.74) is 0.668. The Kier molecular flexibility index (Phi) is 5.60. The van der Waals surface area contributed by atoms with Crippen LogP contribution in [-0.2, 0) is 26.2 Å². The third-order valence-corrected chi connectivity index (χ3v) is 5.53. The summed E-state index contributed by atoms with van der Waals surface area (Å²) in [6, 6.07) is 9.86. The molecule has 0 aliphatic carbocycles. The van der Waals surface area contributed by atoms with Crippen LogP contribution in [0.25, 0.3) is 0 Å². The van der Waals surface area contributed by atoms with E-state index in [-0.39, 0.29) is 17.6 Å². The second-order valence-electron chi connectivity index (χ2n) is 5.73. The molecule has 1 amide bonds. The molecule has 0 atom stereocenters. The van der Waals surface area contributed by atoms with Crippen LogP contribution in [0, 0.1) is 0 Å². The molecule has 2 aromatic rings. The first-order valence-corrected chi connectivity index (χ1v) is 9.56. The van der Waals surface area contributed by atoms with E-state index in [1.165, 1.54) is 17.3 Å². The van der Waals surface area contributed by atoms with Gasteiger partial charge in [-0.15, -0.1) is 0 Å². The van der Waals surface area contributed by atoms with Crippen molar-refractivity contribution in [3.63, 3.8) is 0 Å². The number of hydrogen-bond acceptors (Lipinski definition) is 6. The van der Waals surface area contributed by atoms with E-state index in [4.69, 9.17) is 13.9 Å². The highest BCUT2D eigenvalue weighted by Gasteiger charge is 2.29. The average Bonchev–Trinajstić information content (AvgIpc) is 3.11. The molecule has 0 saturated carbocycles. The number of rotatable bonds is 6. The molecule has 0 bridgehead atoms. The minimum Gasteiger partial charge on any atom is -0.486 e. The number of furan rings is 1. The lowest BCUT2D eigenvalue weighted by Crippen LogP contribution is -2.40. The summed E-state index contributed by atoms with van der Waals surface area (Å²) in [5.74, 6) is 0.833. The van der Waals surface area contributed by atoms with Gasteiger partial charge in [0.25, 0.3) is 10.0 Å². The van der Waals surface area contributed by atoms with E-state index >= 15 is 0 Å². The molecule has 8 nitrogen and oxygen atoms in total. The van der Waals surface area contributed by atoms with Crippen LogP contribution in [0.2, 0.25) is 0 Å². The van der Waals surface area contributed by atoms with Crippen LogP contribution >= 0.6 is 0 Å². The standard InChI is InChI=1S/C17H20N2O6S/c1-13(20)18-14-2-4-15(5-3-14)24-12-16-6-7-17(25-16)26(21,22)19-8-10-23-11-9-19/h2-7H,8-12H2,1H3,(H,18,20). The van der Waals surface area contributed by atoms with Crippen LogP contribution < -0.4 is 10.1 Å². The van der Waals surface area contributed by atoms with Crippen LogP contribution in [0.5, 0.6) is 5.75 Å². The SMILES string of the molecule is CC(=O)Nc1ccc(OCc2ccc(S(=O)(=O)N3CCOCC3)o2)cc1. The quantitative estimate of drug-likeness (QED) is 0.821. The van der Waals surface area contributed by atoms with E-state index in [1.807, 2.05) is 0 Å². The van der Waals surface area contributed by atoms with Gasteiger partial charge in [-0.2, -0.15) is 4.31 Å². The number of sulfonamides is 1. The van der Waals surface area contributed by atoms with Gasteiger partial charge in [-0.1, -0.05) is 0 Å². The minimum atomic E-state index is -3.65. The number of benzene rings is 1. The summed E-state index contributed by atoms with van der Waals surface area (Å²) < 4.78 is 42.6. The average molecular weight is 380 g/mol. The maximum absolute atomic E-state index is 12.5. The molecule has 0 unspecified atom stereocenters. The number of carbonyl (C=O) groups is 1. The van der Waals surface area contributed by atoms with Crippen LogP contribution in [-0.4, -0.2) is 44.9 Å². The molecular formula is C17H20N2O6S. The van der Waals surface area contributed by atoms with Crippen molar-refractivity contribution >= 4 is 21.6 Å². The molecule has 1 aromatic carbocycles. The number of nitrogens with one attached hydrogen (secondary N) is 1. The Bertz CT molecular complexity index is 854. The van der Waals surface area contributed by atoms with Gasteiger partial charge >= 0.3 is 0 Å². The molecule has 1 aromatic heterocycles. The molecule has 0 spiro atoms. The topological polar surface area (TPSA) is 98.1 Å². The van der Waals surface area contributed by atoms with Gasteiger partial charge in [-0.05, 0) is 36.4 Å². The molecule has 1 saturated heterocycles. The van der Waals surface area contributed by atoms with Gasteiger partial charge in [-0.3, -0.25) is 4.79 Å². The van der Waals surface area contributed by atoms with Crippen molar-refractivity contribution in [2.75, 3.05) is 31.6 Å². The first-order chi connectivity index (χ1) is 12.4. The summed E-state index contributed by atoms with van der Waals surface area (Å²) in [5, 5.41) is 2.57. The van der Waals surface area contributed by atoms with Crippen LogP contribution in [0.1, 0.15) is 12.7 Å². The van der Waals surface area contributed by atoms with E-state index in [0.717, 1.165) is 0 Å². The van der Waals surface area contributed by atoms with Crippen molar-refractivity contribution in [3.05, 3.63) is 42.2 Å². The summed E-state index contributed by atoms with van der Waals surface area (Å²) in [4.78, 5) is 11.0. The number of amides is 1. The van der Waals surface area contributed by atoms with Gasteiger partial charge in [0.2, 0.25) is 11.0 Å². The summed E-state index contributed by atoms with van der Waals surface area (Å²) in [7, 11) is -3.65. The lowest BCUT2D eigenvalue weighted by atomic mass is 10.3. The van der Waals surface area contributed by atoms with Gasteiger partial charge in [0.15, 0.2) is 0 Å². The predicted octanol–water partition coefficient (Wildman–Crippen LogP) is 1.84. The van der Waals surface area contributed by atoms with Gasteiger partial charge in [0.1, 0.15) is 18.1 Å². The summed E-state index contributed by atoms with van der Waals surface area (Å²) in [6.07, 6.45) is 0. The number of morpholine rings is 1. The van der Waals surface area contributed by atoms with Gasteiger partial charge in [0, 0.05) is 25.7 Å². The van der Waals surface area contributed by atoms with Crippen molar-refractivity contribution < 1.29 is 27.1 Å². The van der Waals surface area contributed by atoms with E-state index in [1.54, 1.807) is 30.3 Å². The zero-order valence-corrected chi connectivity index (χ0v) is 15.1. The van der Waals surface area contributed by atoms with Gasteiger partial charge in [-0.25, -0.2) is 8.42 Å². The Morgan fingerprint density at radius 2 is 1.85 bits per heavy atom. The molecule has 1 aliphatic rings. The van der Waals surface area contributed by atoms with E-state index in [0.29, 0.717) is 43.5 Å². The normalized spacial score (nSPS) is 15.6. The Morgan fingerprint density at radius 3 is 2.50 bits per heavy atom. The Labute approximate surface area is 151 Å². The molecule has 1 N–H and O–H groups in total. The zero-order valence-electron chi connectivity index (χ0n) is 14.3. The number of nitrogens with zero attached hydrogens (tertiary/aromatic N) is 1. The third kappa shape index (κ3) is 4.43. The molecule has 1 fully saturated rings. The minimum absolute atomic E-state index is 0.0954. The Balaban J connectivity index is 1.60. The molecule has 9 heteroatoms.